The minimum Gasteiger partial charge on any atom is -0.550 e. The third-order valence-electron chi connectivity index (χ3n) is 1.46. The van der Waals surface area contributed by atoms with Crippen molar-refractivity contribution in [3.8, 4) is 0 Å². The molecule has 0 amide bonds. The molecule has 21 heavy (non-hydrogen) atoms. The summed E-state index contributed by atoms with van der Waals surface area (Å²) in [6, 6.07) is 0. The van der Waals surface area contributed by atoms with Gasteiger partial charge in [-0.15, -0.1) is 0 Å². The van der Waals surface area contributed by atoms with E-state index in [1.54, 1.807) is 0 Å². The van der Waals surface area contributed by atoms with Crippen LogP contribution >= 0.6 is 0 Å². The number of carbonyl (C=O) groups excluding carboxylic acids is 3. The van der Waals surface area contributed by atoms with Crippen molar-refractivity contribution in [3.05, 3.63) is 0 Å². The first kappa shape index (κ1) is 38.0. The first-order chi connectivity index (χ1) is 7.28. The van der Waals surface area contributed by atoms with Crippen LogP contribution in [-0.4, -0.2) is 52.8 Å². The average Bonchev–Trinajstić information content (AvgIpc) is 2.84. The summed E-state index contributed by atoms with van der Waals surface area (Å²) in [6.45, 7) is 2.00. The van der Waals surface area contributed by atoms with Crippen molar-refractivity contribution < 1.29 is 139 Å². The van der Waals surface area contributed by atoms with E-state index in [0.717, 1.165) is 13.2 Å². The number of carboxylic acids is 3. The van der Waals surface area contributed by atoms with Gasteiger partial charge in [-0.1, -0.05) is 0 Å². The molecule has 13 heteroatoms. The molecule has 10 nitrogen and oxygen atoms in total. The van der Waals surface area contributed by atoms with E-state index in [1.165, 1.54) is 0 Å². The Kier molecular flexibility index (Phi) is 35.0. The number of hydrogen-bond acceptors (Lipinski definition) is 8. The summed E-state index contributed by atoms with van der Waals surface area (Å²) < 4.78 is 4.50. The van der Waals surface area contributed by atoms with E-state index in [9.17, 15) is 29.7 Å². The molecule has 1 fully saturated rings. The van der Waals surface area contributed by atoms with Gasteiger partial charge in [0, 0.05) is 24.8 Å². The third kappa shape index (κ3) is 23.6. The number of ether oxygens (including phenoxy) is 1. The zero-order chi connectivity index (χ0) is 12.8. The molecule has 0 unspecified atom stereocenters. The van der Waals surface area contributed by atoms with E-state index in [-0.39, 0.29) is 99.6 Å². The summed E-state index contributed by atoms with van der Waals surface area (Å²) in [6.07, 6.45) is -2.72. The van der Waals surface area contributed by atoms with Crippen LogP contribution in [0.15, 0.2) is 0 Å². The third-order valence-corrected chi connectivity index (χ3v) is 1.46. The van der Waals surface area contributed by atoms with E-state index in [1.807, 2.05) is 0 Å². The fraction of sp³-hybridized carbons (Fsp3) is 0.625. The molecule has 1 aliphatic rings. The van der Waals surface area contributed by atoms with Crippen molar-refractivity contribution in [1.82, 2.24) is 0 Å². The summed E-state index contributed by atoms with van der Waals surface area (Å²) in [5.41, 5.74) is -2.97. The van der Waals surface area contributed by atoms with Crippen LogP contribution in [0.3, 0.4) is 0 Å². The Labute approximate surface area is 186 Å². The Morgan fingerprint density at radius 2 is 1.14 bits per heavy atom. The molecule has 0 radical (unpaired) electrons. The molecular formula is C8H13Na3O10. The van der Waals surface area contributed by atoms with Crippen LogP contribution in [0.5, 0.6) is 0 Å². The number of carbonyl (C=O) groups is 3. The molecule has 1 rings (SSSR count). The Hall–Kier alpha value is 1.25. The predicted octanol–water partition coefficient (Wildman–Crippen LogP) is -15.9. The maximum atomic E-state index is 10.1. The predicted molar refractivity (Wildman–Crippen MR) is 47.3 cm³/mol. The maximum Gasteiger partial charge on any atom is 1.00 e. The SMILES string of the molecule is C1CO1.O.O.O=C([O-])CC(O)(CC(=O)[O-])C(=O)[O-].[Na+].[Na+].[Na+]. The number of aliphatic carboxylic acids is 3. The van der Waals surface area contributed by atoms with Crippen LogP contribution in [0, 0.1) is 0 Å². The fourth-order valence-electron chi connectivity index (χ4n) is 0.684. The van der Waals surface area contributed by atoms with Gasteiger partial charge < -0.3 is 50.5 Å². The van der Waals surface area contributed by atoms with Gasteiger partial charge in [0.2, 0.25) is 0 Å². The minimum absolute atomic E-state index is 0. The van der Waals surface area contributed by atoms with Crippen molar-refractivity contribution in [1.29, 1.82) is 0 Å². The fourth-order valence-corrected chi connectivity index (χ4v) is 0.684. The quantitative estimate of drug-likeness (QED) is 0.374. The van der Waals surface area contributed by atoms with Gasteiger partial charge >= 0.3 is 88.7 Å². The number of aliphatic hydroxyl groups is 1. The summed E-state index contributed by atoms with van der Waals surface area (Å²) >= 11 is 0. The standard InChI is InChI=1S/C6H8O7.C2H4O.3Na.2H2O/c7-3(8)1-6(13,5(11)12)2-4(9)10;1-2-3-1;;;;;/h13H,1-2H2,(H,7,8)(H,9,10)(H,11,12);1-2H2;;;;2*1H2/q;;3*+1;;/p-3. The van der Waals surface area contributed by atoms with Crippen LogP contribution in [0.2, 0.25) is 0 Å². The van der Waals surface area contributed by atoms with E-state index >= 15 is 0 Å². The average molecular weight is 338 g/mol. The zero-order valence-electron chi connectivity index (χ0n) is 12.1. The smallest absolute Gasteiger partial charge is 0.550 e. The van der Waals surface area contributed by atoms with Crippen LogP contribution in [-0.2, 0) is 19.1 Å². The Balaban J connectivity index is -0.0000000625. The monoisotopic (exact) mass is 338 g/mol. The van der Waals surface area contributed by atoms with Gasteiger partial charge in [-0.3, -0.25) is 0 Å². The van der Waals surface area contributed by atoms with E-state index < -0.39 is 36.4 Å². The molecule has 0 aliphatic carbocycles. The molecule has 0 atom stereocenters. The second kappa shape index (κ2) is 19.3. The summed E-state index contributed by atoms with van der Waals surface area (Å²) in [5.74, 6) is -5.98. The minimum atomic E-state index is -2.97. The van der Waals surface area contributed by atoms with Crippen molar-refractivity contribution in [3.63, 3.8) is 0 Å². The first-order valence-electron chi connectivity index (χ1n) is 4.19. The molecule has 0 aromatic rings. The molecule has 1 heterocycles. The van der Waals surface area contributed by atoms with E-state index in [2.05, 4.69) is 4.74 Å². The number of hydrogen-bond donors (Lipinski definition) is 1. The van der Waals surface area contributed by atoms with Gasteiger partial charge in [-0.25, -0.2) is 0 Å². The molecule has 108 valence electrons. The molecule has 0 saturated carbocycles. The summed E-state index contributed by atoms with van der Waals surface area (Å²) in [4.78, 5) is 30.0. The molecular weight excluding hydrogens is 325 g/mol. The molecule has 5 N–H and O–H groups in total. The van der Waals surface area contributed by atoms with Gasteiger partial charge in [0.25, 0.3) is 0 Å². The summed E-state index contributed by atoms with van der Waals surface area (Å²) in [7, 11) is 0. The van der Waals surface area contributed by atoms with Gasteiger partial charge in [-0.05, 0) is 0 Å². The van der Waals surface area contributed by atoms with Gasteiger partial charge in [0.05, 0.1) is 19.2 Å². The van der Waals surface area contributed by atoms with Crippen molar-refractivity contribution in [2.45, 2.75) is 18.4 Å². The Morgan fingerprint density at radius 3 is 1.24 bits per heavy atom. The number of rotatable bonds is 5. The Bertz CT molecular complexity index is 277. The van der Waals surface area contributed by atoms with Crippen LogP contribution in [0.1, 0.15) is 12.8 Å². The Morgan fingerprint density at radius 1 is 0.905 bits per heavy atom. The van der Waals surface area contributed by atoms with Crippen LogP contribution < -0.4 is 104 Å². The second-order valence-corrected chi connectivity index (χ2v) is 3.03. The molecule has 1 saturated heterocycles. The van der Waals surface area contributed by atoms with Gasteiger partial charge in [0.1, 0.15) is 5.60 Å². The van der Waals surface area contributed by atoms with Crippen LogP contribution in [0.25, 0.3) is 0 Å². The first-order valence-corrected chi connectivity index (χ1v) is 4.19. The summed E-state index contributed by atoms with van der Waals surface area (Å²) in [5, 5.41) is 38.9. The molecule has 0 spiro atoms. The number of epoxide rings is 1. The molecule has 0 aromatic carbocycles. The van der Waals surface area contributed by atoms with Crippen LogP contribution in [0.4, 0.5) is 0 Å². The van der Waals surface area contributed by atoms with E-state index in [4.69, 9.17) is 5.11 Å². The zero-order valence-corrected chi connectivity index (χ0v) is 18.1. The number of carboxylic acid groups (broad SMARTS) is 3. The van der Waals surface area contributed by atoms with Gasteiger partial charge in [0.15, 0.2) is 0 Å². The largest absolute Gasteiger partial charge is 1.00 e. The normalized spacial score (nSPS) is 10.1. The molecule has 1 aliphatic heterocycles. The van der Waals surface area contributed by atoms with Crippen molar-refractivity contribution >= 4 is 17.9 Å². The molecule has 0 bridgehead atoms. The van der Waals surface area contributed by atoms with Gasteiger partial charge in [-0.2, -0.15) is 0 Å². The topological polar surface area (TPSA) is 216 Å². The maximum absolute atomic E-state index is 10.1. The van der Waals surface area contributed by atoms with Crippen molar-refractivity contribution in [2.24, 2.45) is 0 Å². The second-order valence-electron chi connectivity index (χ2n) is 3.03. The molecule has 0 aromatic heterocycles. The van der Waals surface area contributed by atoms with Crippen molar-refractivity contribution in [2.75, 3.05) is 13.2 Å². The van der Waals surface area contributed by atoms with E-state index in [0.29, 0.717) is 0 Å².